The van der Waals surface area contributed by atoms with Crippen LogP contribution >= 0.6 is 0 Å². The first-order valence-corrected chi connectivity index (χ1v) is 4.41. The molecule has 0 fully saturated rings. The van der Waals surface area contributed by atoms with Gasteiger partial charge in [-0.3, -0.25) is 0 Å². The van der Waals surface area contributed by atoms with Crippen LogP contribution in [0.4, 0.5) is 0 Å². The van der Waals surface area contributed by atoms with Crippen molar-refractivity contribution in [3.05, 3.63) is 0 Å². The van der Waals surface area contributed by atoms with Crippen molar-refractivity contribution in [1.82, 2.24) is 4.90 Å². The first-order valence-electron chi connectivity index (χ1n) is 4.41. The van der Waals surface area contributed by atoms with E-state index in [1.807, 2.05) is 28.2 Å². The fraction of sp³-hybridized carbons (Fsp3) is 0.889. The summed E-state index contributed by atoms with van der Waals surface area (Å²) in [4.78, 5) is 13.1. The maximum absolute atomic E-state index is 11.0. The van der Waals surface area contributed by atoms with Crippen LogP contribution in [0.25, 0.3) is 0 Å². The highest BCUT2D eigenvalue weighted by Crippen LogP contribution is 1.97. The number of hydrogen-bond acceptors (Lipinski definition) is 3. The second-order valence-corrected chi connectivity index (χ2v) is 4.20. The lowest BCUT2D eigenvalue weighted by molar-refractivity contribution is -0.882. The highest BCUT2D eigenvalue weighted by atomic mass is 16.5. The van der Waals surface area contributed by atoms with Gasteiger partial charge in [-0.1, -0.05) is 0 Å². The van der Waals surface area contributed by atoms with Crippen LogP contribution in [0.1, 0.15) is 0 Å². The van der Waals surface area contributed by atoms with E-state index in [0.717, 1.165) is 13.1 Å². The first-order chi connectivity index (χ1) is 5.87. The van der Waals surface area contributed by atoms with Gasteiger partial charge in [-0.05, 0) is 14.1 Å². The van der Waals surface area contributed by atoms with E-state index in [4.69, 9.17) is 0 Å². The third-order valence-corrected chi connectivity index (χ3v) is 1.94. The highest BCUT2D eigenvalue weighted by molar-refractivity contribution is 5.70. The molecule has 4 nitrogen and oxygen atoms in total. The molecule has 0 radical (unpaired) electrons. The van der Waals surface area contributed by atoms with Gasteiger partial charge in [-0.15, -0.1) is 0 Å². The summed E-state index contributed by atoms with van der Waals surface area (Å²) in [5, 5.41) is 0. The molecule has 0 aliphatic carbocycles. The maximum Gasteiger partial charge on any atom is 0.361 e. The van der Waals surface area contributed by atoms with E-state index in [-0.39, 0.29) is 5.97 Å². The molecule has 78 valence electrons. The predicted molar refractivity (Wildman–Crippen MR) is 52.4 cm³/mol. The Hall–Kier alpha value is -0.610. The summed E-state index contributed by atoms with van der Waals surface area (Å²) in [5.41, 5.74) is 0. The van der Waals surface area contributed by atoms with Crippen LogP contribution in [-0.4, -0.2) is 70.3 Å². The maximum atomic E-state index is 11.0. The van der Waals surface area contributed by atoms with Crippen LogP contribution in [0.2, 0.25) is 0 Å². The summed E-state index contributed by atoms with van der Waals surface area (Å²) in [6.45, 7) is 2.36. The third-order valence-electron chi connectivity index (χ3n) is 1.94. The van der Waals surface area contributed by atoms with Crippen molar-refractivity contribution < 1.29 is 14.0 Å². The van der Waals surface area contributed by atoms with Crippen molar-refractivity contribution in [3.63, 3.8) is 0 Å². The molecule has 0 spiro atoms. The Kier molecular flexibility index (Phi) is 4.95. The average molecular weight is 189 g/mol. The Morgan fingerprint density at radius 2 is 1.92 bits per heavy atom. The minimum absolute atomic E-state index is 0.149. The average Bonchev–Trinajstić information content (AvgIpc) is 2.00. The number of hydrogen-bond donors (Lipinski definition) is 0. The second-order valence-electron chi connectivity index (χ2n) is 4.20. The molecule has 0 heterocycles. The van der Waals surface area contributed by atoms with Gasteiger partial charge in [0.2, 0.25) is 0 Å². The van der Waals surface area contributed by atoms with E-state index in [0.29, 0.717) is 11.0 Å². The van der Waals surface area contributed by atoms with Crippen LogP contribution in [-0.2, 0) is 9.53 Å². The SMILES string of the molecule is COC(=O)C[N+](C)(C)CCN(C)C. The van der Waals surface area contributed by atoms with Gasteiger partial charge in [-0.2, -0.15) is 0 Å². The number of esters is 1. The van der Waals surface area contributed by atoms with Gasteiger partial charge in [0, 0.05) is 6.54 Å². The van der Waals surface area contributed by atoms with Crippen LogP contribution < -0.4 is 0 Å². The van der Waals surface area contributed by atoms with E-state index in [1.54, 1.807) is 0 Å². The molecular weight excluding hydrogens is 168 g/mol. The fourth-order valence-corrected chi connectivity index (χ4v) is 0.964. The normalized spacial score (nSPS) is 11.8. The number of methoxy groups -OCH3 is 1. The third kappa shape index (κ3) is 6.54. The van der Waals surface area contributed by atoms with Crippen LogP contribution in [0, 0.1) is 0 Å². The Bertz CT molecular complexity index is 167. The van der Waals surface area contributed by atoms with Crippen LogP contribution in [0.5, 0.6) is 0 Å². The molecule has 0 bridgehead atoms. The molecule has 0 N–H and O–H groups in total. The van der Waals surface area contributed by atoms with Gasteiger partial charge < -0.3 is 14.1 Å². The molecule has 0 aliphatic heterocycles. The van der Waals surface area contributed by atoms with Crippen LogP contribution in [0.3, 0.4) is 0 Å². The van der Waals surface area contributed by atoms with Crippen molar-refractivity contribution in [3.8, 4) is 0 Å². The summed E-state index contributed by atoms with van der Waals surface area (Å²) in [6.07, 6.45) is 0. The van der Waals surface area contributed by atoms with E-state index in [9.17, 15) is 4.79 Å². The first kappa shape index (κ1) is 12.4. The van der Waals surface area contributed by atoms with E-state index in [2.05, 4.69) is 9.64 Å². The summed E-state index contributed by atoms with van der Waals surface area (Å²) >= 11 is 0. The van der Waals surface area contributed by atoms with E-state index < -0.39 is 0 Å². The lowest BCUT2D eigenvalue weighted by Crippen LogP contribution is -2.47. The Labute approximate surface area is 80.7 Å². The highest BCUT2D eigenvalue weighted by Gasteiger charge is 2.20. The second kappa shape index (κ2) is 5.19. The van der Waals surface area contributed by atoms with Crippen molar-refractivity contribution >= 4 is 5.97 Å². The number of quaternary nitrogens is 1. The van der Waals surface area contributed by atoms with Gasteiger partial charge in [0.05, 0.1) is 27.7 Å². The van der Waals surface area contributed by atoms with Gasteiger partial charge in [0.15, 0.2) is 6.54 Å². The number of likely N-dealkylation sites (N-methyl/N-ethyl adjacent to an activating group) is 2. The summed E-state index contributed by atoms with van der Waals surface area (Å²) in [5.74, 6) is -0.149. The quantitative estimate of drug-likeness (QED) is 0.443. The zero-order chi connectivity index (χ0) is 10.5. The molecule has 0 saturated carbocycles. The van der Waals surface area contributed by atoms with Gasteiger partial charge in [0.25, 0.3) is 0 Å². The van der Waals surface area contributed by atoms with Gasteiger partial charge in [0.1, 0.15) is 0 Å². The largest absolute Gasteiger partial charge is 0.465 e. The molecule has 13 heavy (non-hydrogen) atoms. The lowest BCUT2D eigenvalue weighted by Gasteiger charge is -2.29. The lowest BCUT2D eigenvalue weighted by atomic mass is 10.4. The molecular formula is C9H21N2O2+. The molecule has 0 aromatic carbocycles. The smallest absolute Gasteiger partial charge is 0.361 e. The Morgan fingerprint density at radius 1 is 1.38 bits per heavy atom. The molecule has 0 aromatic rings. The van der Waals surface area contributed by atoms with E-state index >= 15 is 0 Å². The Morgan fingerprint density at radius 3 is 2.31 bits per heavy atom. The molecule has 0 rings (SSSR count). The minimum atomic E-state index is -0.149. The molecule has 0 saturated heterocycles. The zero-order valence-corrected chi connectivity index (χ0v) is 9.33. The van der Waals surface area contributed by atoms with Crippen LogP contribution in [0.15, 0.2) is 0 Å². The minimum Gasteiger partial charge on any atom is -0.465 e. The number of ether oxygens (including phenoxy) is 1. The zero-order valence-electron chi connectivity index (χ0n) is 9.33. The molecule has 0 aromatic heterocycles. The summed E-state index contributed by atoms with van der Waals surface area (Å²) < 4.78 is 5.30. The van der Waals surface area contributed by atoms with Gasteiger partial charge in [-0.25, -0.2) is 4.79 Å². The number of rotatable bonds is 5. The predicted octanol–water partition coefficient (Wildman–Crippen LogP) is -0.203. The summed E-state index contributed by atoms with van der Waals surface area (Å²) in [6, 6.07) is 0. The number of nitrogens with zero attached hydrogens (tertiary/aromatic N) is 2. The molecule has 0 aliphatic rings. The molecule has 0 atom stereocenters. The van der Waals surface area contributed by atoms with E-state index in [1.165, 1.54) is 7.11 Å². The monoisotopic (exact) mass is 189 g/mol. The molecule has 0 amide bonds. The van der Waals surface area contributed by atoms with Gasteiger partial charge >= 0.3 is 5.97 Å². The Balaban J connectivity index is 3.86. The fourth-order valence-electron chi connectivity index (χ4n) is 0.964. The van der Waals surface area contributed by atoms with Crippen molar-refractivity contribution in [2.24, 2.45) is 0 Å². The molecule has 4 heteroatoms. The topological polar surface area (TPSA) is 29.5 Å². The number of carbonyl (C=O) groups is 1. The molecule has 0 unspecified atom stereocenters. The van der Waals surface area contributed by atoms with Crippen molar-refractivity contribution in [2.45, 2.75) is 0 Å². The number of carbonyl (C=O) groups excluding carboxylic acids is 1. The van der Waals surface area contributed by atoms with Crippen molar-refractivity contribution in [2.75, 3.05) is 54.9 Å². The standard InChI is InChI=1S/C9H21N2O2/c1-10(2)6-7-11(3,4)8-9(12)13-5/h6-8H2,1-5H3/q+1. The summed E-state index contributed by atoms with van der Waals surface area (Å²) in [7, 11) is 9.53. The van der Waals surface area contributed by atoms with Crippen molar-refractivity contribution in [1.29, 1.82) is 0 Å².